The molecule has 0 amide bonds. The summed E-state index contributed by atoms with van der Waals surface area (Å²) in [5.41, 5.74) is 6.46. The molecule has 1 fully saturated rings. The van der Waals surface area contributed by atoms with Gasteiger partial charge in [0.05, 0.1) is 0 Å². The van der Waals surface area contributed by atoms with Gasteiger partial charge in [-0.15, -0.1) is 0 Å². The summed E-state index contributed by atoms with van der Waals surface area (Å²) in [7, 11) is 2.26. The van der Waals surface area contributed by atoms with E-state index in [1.165, 1.54) is 51.6 Å². The van der Waals surface area contributed by atoms with Crippen molar-refractivity contribution in [2.24, 2.45) is 17.1 Å². The van der Waals surface area contributed by atoms with Gasteiger partial charge in [-0.3, -0.25) is 0 Å². The van der Waals surface area contributed by atoms with Crippen molar-refractivity contribution in [1.82, 2.24) is 4.90 Å². The molecule has 0 heterocycles. The Morgan fingerprint density at radius 3 is 2.44 bits per heavy atom. The number of unbranched alkanes of at least 4 members (excludes halogenated alkanes) is 1. The van der Waals surface area contributed by atoms with E-state index in [1.54, 1.807) is 0 Å². The van der Waals surface area contributed by atoms with E-state index in [2.05, 4.69) is 25.8 Å². The summed E-state index contributed by atoms with van der Waals surface area (Å²) < 4.78 is 0. The average molecular weight is 226 g/mol. The average Bonchev–Trinajstić information content (AvgIpc) is 2.30. The van der Waals surface area contributed by atoms with Gasteiger partial charge in [0.2, 0.25) is 0 Å². The summed E-state index contributed by atoms with van der Waals surface area (Å²) in [5.74, 6) is 0.917. The molecule has 16 heavy (non-hydrogen) atoms. The van der Waals surface area contributed by atoms with Gasteiger partial charge in [-0.05, 0) is 50.7 Å². The molecule has 1 rings (SSSR count). The first-order valence-electron chi connectivity index (χ1n) is 7.00. The van der Waals surface area contributed by atoms with Crippen LogP contribution in [0.25, 0.3) is 0 Å². The van der Waals surface area contributed by atoms with Crippen LogP contribution < -0.4 is 5.73 Å². The fraction of sp³-hybridized carbons (Fsp3) is 1.00. The monoisotopic (exact) mass is 226 g/mol. The molecule has 2 nitrogen and oxygen atoms in total. The lowest BCUT2D eigenvalue weighted by Crippen LogP contribution is -2.43. The molecule has 96 valence electrons. The van der Waals surface area contributed by atoms with Crippen molar-refractivity contribution in [1.29, 1.82) is 0 Å². The fourth-order valence-electron chi connectivity index (χ4n) is 2.88. The van der Waals surface area contributed by atoms with E-state index in [1.807, 2.05) is 0 Å². The molecule has 0 atom stereocenters. The smallest absolute Gasteiger partial charge is 0.00470 e. The topological polar surface area (TPSA) is 29.3 Å². The molecule has 0 radical (unpaired) electrons. The van der Waals surface area contributed by atoms with E-state index in [4.69, 9.17) is 5.73 Å². The summed E-state index contributed by atoms with van der Waals surface area (Å²) in [6.07, 6.45) is 8.02. The van der Waals surface area contributed by atoms with Gasteiger partial charge in [-0.2, -0.15) is 0 Å². The highest BCUT2D eigenvalue weighted by Gasteiger charge is 2.33. The van der Waals surface area contributed by atoms with E-state index in [9.17, 15) is 0 Å². The van der Waals surface area contributed by atoms with Gasteiger partial charge < -0.3 is 10.6 Å². The molecule has 0 saturated heterocycles. The molecule has 0 aliphatic heterocycles. The van der Waals surface area contributed by atoms with Crippen LogP contribution in [0.5, 0.6) is 0 Å². The predicted molar refractivity (Wildman–Crippen MR) is 71.5 cm³/mol. The van der Waals surface area contributed by atoms with Crippen molar-refractivity contribution in [3.8, 4) is 0 Å². The number of hydrogen-bond acceptors (Lipinski definition) is 2. The largest absolute Gasteiger partial charge is 0.330 e. The van der Waals surface area contributed by atoms with E-state index >= 15 is 0 Å². The van der Waals surface area contributed by atoms with Crippen LogP contribution in [0.3, 0.4) is 0 Å². The first kappa shape index (κ1) is 14.0. The summed E-state index contributed by atoms with van der Waals surface area (Å²) in [6.45, 7) is 7.94. The highest BCUT2D eigenvalue weighted by Crippen LogP contribution is 2.38. The van der Waals surface area contributed by atoms with Gasteiger partial charge in [0.25, 0.3) is 0 Å². The lowest BCUT2D eigenvalue weighted by atomic mass is 9.70. The maximum absolute atomic E-state index is 6.03. The lowest BCUT2D eigenvalue weighted by molar-refractivity contribution is 0.108. The number of nitrogens with two attached hydrogens (primary N) is 1. The maximum Gasteiger partial charge on any atom is 0.00470 e. The number of nitrogens with zero attached hydrogens (tertiary/aromatic N) is 1. The Balaban J connectivity index is 2.40. The van der Waals surface area contributed by atoms with Crippen molar-refractivity contribution >= 4 is 0 Å². The molecule has 0 aromatic rings. The first-order valence-corrected chi connectivity index (χ1v) is 7.00. The molecular weight excluding hydrogens is 196 g/mol. The van der Waals surface area contributed by atoms with Gasteiger partial charge in [0.15, 0.2) is 0 Å². The van der Waals surface area contributed by atoms with E-state index in [0.717, 1.165) is 12.5 Å². The third kappa shape index (κ3) is 4.06. The Bertz CT molecular complexity index is 183. The minimum Gasteiger partial charge on any atom is -0.330 e. The van der Waals surface area contributed by atoms with Gasteiger partial charge >= 0.3 is 0 Å². The SMILES string of the molecule is CCCCN(C)CC1(CN)CCC(C)CC1. The molecule has 2 N–H and O–H groups in total. The Morgan fingerprint density at radius 2 is 1.94 bits per heavy atom. The first-order chi connectivity index (χ1) is 7.62. The minimum atomic E-state index is 0.426. The highest BCUT2D eigenvalue weighted by atomic mass is 15.1. The van der Waals surface area contributed by atoms with Crippen LogP contribution in [0, 0.1) is 11.3 Å². The summed E-state index contributed by atoms with van der Waals surface area (Å²) in [4.78, 5) is 2.49. The lowest BCUT2D eigenvalue weighted by Gasteiger charge is -2.41. The third-order valence-corrected chi connectivity index (χ3v) is 4.27. The number of hydrogen-bond donors (Lipinski definition) is 1. The second-order valence-corrected chi connectivity index (χ2v) is 5.98. The molecule has 0 unspecified atom stereocenters. The van der Waals surface area contributed by atoms with Crippen molar-refractivity contribution in [2.45, 2.75) is 52.4 Å². The van der Waals surface area contributed by atoms with Crippen molar-refractivity contribution in [2.75, 3.05) is 26.7 Å². The summed E-state index contributed by atoms with van der Waals surface area (Å²) >= 11 is 0. The summed E-state index contributed by atoms with van der Waals surface area (Å²) in [5, 5.41) is 0. The zero-order valence-corrected chi connectivity index (χ0v) is 11.5. The van der Waals surface area contributed by atoms with Crippen LogP contribution in [0.2, 0.25) is 0 Å². The van der Waals surface area contributed by atoms with E-state index < -0.39 is 0 Å². The molecule has 2 heteroatoms. The standard InChI is InChI=1S/C14H30N2/c1-4-5-10-16(3)12-14(11-15)8-6-13(2)7-9-14/h13H,4-12,15H2,1-3H3. The van der Waals surface area contributed by atoms with Crippen LogP contribution in [0.15, 0.2) is 0 Å². The molecule has 1 aliphatic carbocycles. The molecule has 1 aliphatic rings. The highest BCUT2D eigenvalue weighted by molar-refractivity contribution is 4.87. The molecule has 0 aromatic carbocycles. The van der Waals surface area contributed by atoms with Gasteiger partial charge in [0, 0.05) is 6.54 Å². The van der Waals surface area contributed by atoms with Crippen molar-refractivity contribution < 1.29 is 0 Å². The normalized spacial score (nSPS) is 30.9. The second kappa shape index (κ2) is 6.61. The molecular formula is C14H30N2. The van der Waals surface area contributed by atoms with Gasteiger partial charge in [-0.1, -0.05) is 33.1 Å². The van der Waals surface area contributed by atoms with Crippen LogP contribution in [0.4, 0.5) is 0 Å². The third-order valence-electron chi connectivity index (χ3n) is 4.27. The quantitative estimate of drug-likeness (QED) is 0.754. The van der Waals surface area contributed by atoms with Gasteiger partial charge in [-0.25, -0.2) is 0 Å². The Kier molecular flexibility index (Phi) is 5.77. The Labute approximate surface area is 102 Å². The number of rotatable bonds is 6. The van der Waals surface area contributed by atoms with Crippen LogP contribution in [0.1, 0.15) is 52.4 Å². The minimum absolute atomic E-state index is 0.426. The zero-order chi connectivity index (χ0) is 12.0. The second-order valence-electron chi connectivity index (χ2n) is 5.98. The van der Waals surface area contributed by atoms with Crippen LogP contribution in [-0.4, -0.2) is 31.6 Å². The van der Waals surface area contributed by atoms with Crippen molar-refractivity contribution in [3.63, 3.8) is 0 Å². The van der Waals surface area contributed by atoms with Crippen LogP contribution in [-0.2, 0) is 0 Å². The molecule has 0 aromatic heterocycles. The molecule has 0 spiro atoms. The van der Waals surface area contributed by atoms with Gasteiger partial charge in [0.1, 0.15) is 0 Å². The van der Waals surface area contributed by atoms with E-state index in [-0.39, 0.29) is 0 Å². The summed E-state index contributed by atoms with van der Waals surface area (Å²) in [6, 6.07) is 0. The zero-order valence-electron chi connectivity index (χ0n) is 11.5. The molecule has 1 saturated carbocycles. The molecule has 0 bridgehead atoms. The Hall–Kier alpha value is -0.0800. The maximum atomic E-state index is 6.03. The van der Waals surface area contributed by atoms with Crippen molar-refractivity contribution in [3.05, 3.63) is 0 Å². The van der Waals surface area contributed by atoms with Crippen LogP contribution >= 0.6 is 0 Å². The Morgan fingerprint density at radius 1 is 1.31 bits per heavy atom. The fourth-order valence-corrected chi connectivity index (χ4v) is 2.88. The van der Waals surface area contributed by atoms with E-state index in [0.29, 0.717) is 5.41 Å². The predicted octanol–water partition coefficient (Wildman–Crippen LogP) is 2.87.